The van der Waals surface area contributed by atoms with Gasteiger partial charge in [0.1, 0.15) is 22.7 Å². The van der Waals surface area contributed by atoms with Gasteiger partial charge in [-0.15, -0.1) is 0 Å². The Labute approximate surface area is 282 Å². The zero-order valence-corrected chi connectivity index (χ0v) is 27.5. The molecule has 0 unspecified atom stereocenters. The first-order chi connectivity index (χ1) is 23.9. The first-order valence-corrected chi connectivity index (χ1v) is 16.7. The van der Waals surface area contributed by atoms with Gasteiger partial charge in [0.25, 0.3) is 0 Å². The van der Waals surface area contributed by atoms with Gasteiger partial charge >= 0.3 is 0 Å². The number of furan rings is 1. The molecule has 5 nitrogen and oxygen atoms in total. The summed E-state index contributed by atoms with van der Waals surface area (Å²) in [6.07, 6.45) is 1.86. The van der Waals surface area contributed by atoms with Crippen LogP contribution < -0.4 is 0 Å². The lowest BCUT2D eigenvalue weighted by Crippen LogP contribution is -2.11. The van der Waals surface area contributed by atoms with E-state index in [1.165, 1.54) is 16.3 Å². The topological polar surface area (TPSA) is 59.6 Å². The van der Waals surface area contributed by atoms with Crippen molar-refractivity contribution in [1.82, 2.24) is 19.5 Å². The number of aromatic amines is 1. The van der Waals surface area contributed by atoms with Crippen LogP contribution in [0.5, 0.6) is 0 Å². The number of nitrogens with one attached hydrogen (secondary N) is 1. The molecule has 0 aliphatic rings. The van der Waals surface area contributed by atoms with E-state index in [1.54, 1.807) is 0 Å². The molecule has 0 saturated carbocycles. The van der Waals surface area contributed by atoms with Gasteiger partial charge in [0.15, 0.2) is 5.58 Å². The number of nitrogens with zero attached hydrogens (tertiary/aromatic N) is 3. The number of para-hydroxylation sites is 4. The van der Waals surface area contributed by atoms with Crippen molar-refractivity contribution in [2.45, 2.75) is 26.2 Å². The largest absolute Gasteiger partial charge is 0.454 e. The summed E-state index contributed by atoms with van der Waals surface area (Å²) >= 11 is 0. The number of H-pyrrole nitrogens is 1. The fourth-order valence-electron chi connectivity index (χ4n) is 7.52. The molecule has 0 bridgehead atoms. The number of pyridine rings is 2. The smallest absolute Gasteiger partial charge is 0.161 e. The number of hydrogen-bond donors (Lipinski definition) is 1. The Balaban J connectivity index is 1.30. The quantitative estimate of drug-likeness (QED) is 0.211. The van der Waals surface area contributed by atoms with Gasteiger partial charge in [-0.25, -0.2) is 9.97 Å². The van der Waals surface area contributed by atoms with Crippen LogP contribution in [0.25, 0.3) is 93.9 Å². The minimum atomic E-state index is -0.111. The van der Waals surface area contributed by atoms with E-state index >= 15 is 0 Å². The first kappa shape index (κ1) is 27.9. The second-order valence-corrected chi connectivity index (χ2v) is 14.0. The van der Waals surface area contributed by atoms with Crippen LogP contribution >= 0.6 is 0 Å². The van der Waals surface area contributed by atoms with E-state index in [0.717, 1.165) is 83.1 Å². The number of benzene rings is 5. The van der Waals surface area contributed by atoms with Crippen LogP contribution in [0.1, 0.15) is 26.3 Å². The van der Waals surface area contributed by atoms with Crippen LogP contribution in [-0.2, 0) is 5.41 Å². The molecule has 10 aromatic rings. The Bertz CT molecular complexity index is 2880. The van der Waals surface area contributed by atoms with Crippen molar-refractivity contribution in [1.29, 1.82) is 0 Å². The molecule has 0 atom stereocenters. The molecule has 0 amide bonds. The lowest BCUT2D eigenvalue weighted by atomic mass is 9.83. The van der Waals surface area contributed by atoms with Gasteiger partial charge in [0.05, 0.1) is 11.0 Å². The Morgan fingerprint density at radius 3 is 2.24 bits per heavy atom. The molecule has 5 aromatic heterocycles. The number of hydrogen-bond acceptors (Lipinski definition) is 3. The van der Waals surface area contributed by atoms with Gasteiger partial charge in [-0.2, -0.15) is 0 Å². The standard InChI is InChI=1S/C44H32N4O/c1-44(2,3)28-23-26(29-15-10-16-33-30-12-4-7-18-36(30)46-41(29)33)22-27(24-28)40-42-35(32-14-6-9-20-38(32)49-42)25-39(47-40)48-37-19-8-5-13-31(37)34-17-11-21-45-43(34)48/h4-25,46H,1-3H3. The zero-order chi connectivity index (χ0) is 32.9. The molecule has 234 valence electrons. The summed E-state index contributed by atoms with van der Waals surface area (Å²) in [5.41, 5.74) is 11.1. The maximum absolute atomic E-state index is 6.67. The van der Waals surface area contributed by atoms with Crippen molar-refractivity contribution in [2.24, 2.45) is 0 Å². The van der Waals surface area contributed by atoms with Crippen LogP contribution in [0.4, 0.5) is 0 Å². The minimum Gasteiger partial charge on any atom is -0.454 e. The van der Waals surface area contributed by atoms with Gasteiger partial charge in [0.2, 0.25) is 0 Å². The predicted molar refractivity (Wildman–Crippen MR) is 203 cm³/mol. The van der Waals surface area contributed by atoms with E-state index in [-0.39, 0.29) is 5.41 Å². The molecule has 5 heteroatoms. The molecule has 0 fully saturated rings. The zero-order valence-electron chi connectivity index (χ0n) is 27.5. The van der Waals surface area contributed by atoms with E-state index < -0.39 is 0 Å². The van der Waals surface area contributed by atoms with Crippen LogP contribution in [-0.4, -0.2) is 19.5 Å². The molecule has 0 aliphatic heterocycles. The van der Waals surface area contributed by atoms with Crippen molar-refractivity contribution in [3.8, 4) is 28.2 Å². The Kier molecular flexibility index (Phi) is 5.77. The second kappa shape index (κ2) is 10.1. The lowest BCUT2D eigenvalue weighted by Gasteiger charge is -2.22. The molecule has 0 spiro atoms. The number of aromatic nitrogens is 4. The highest BCUT2D eigenvalue weighted by molar-refractivity contribution is 6.13. The summed E-state index contributed by atoms with van der Waals surface area (Å²) < 4.78 is 8.86. The molecular formula is C44H32N4O. The summed E-state index contributed by atoms with van der Waals surface area (Å²) in [6, 6.07) is 45.0. The van der Waals surface area contributed by atoms with E-state index in [4.69, 9.17) is 14.4 Å². The van der Waals surface area contributed by atoms with Crippen molar-refractivity contribution >= 4 is 65.7 Å². The Morgan fingerprint density at radius 2 is 1.37 bits per heavy atom. The summed E-state index contributed by atoms with van der Waals surface area (Å²) in [5.74, 6) is 0.805. The first-order valence-electron chi connectivity index (χ1n) is 16.7. The number of rotatable bonds is 3. The van der Waals surface area contributed by atoms with Crippen LogP contribution in [0.3, 0.4) is 0 Å². The van der Waals surface area contributed by atoms with Crippen molar-refractivity contribution in [2.75, 3.05) is 0 Å². The summed E-state index contributed by atoms with van der Waals surface area (Å²) in [4.78, 5) is 14.1. The summed E-state index contributed by atoms with van der Waals surface area (Å²) in [7, 11) is 0. The van der Waals surface area contributed by atoms with Gasteiger partial charge in [-0.05, 0) is 65.1 Å². The molecule has 5 aromatic carbocycles. The Hall–Kier alpha value is -6.20. The lowest BCUT2D eigenvalue weighted by molar-refractivity contribution is 0.590. The monoisotopic (exact) mass is 632 g/mol. The fourth-order valence-corrected chi connectivity index (χ4v) is 7.52. The van der Waals surface area contributed by atoms with E-state index in [9.17, 15) is 0 Å². The SMILES string of the molecule is CC(C)(C)c1cc(-c2cccc3c2[nH]c2ccccc23)cc(-c2nc(-n3c4ccccc4c4cccnc43)cc3c2oc2ccccc23)c1. The summed E-state index contributed by atoms with van der Waals surface area (Å²) in [5, 5.41) is 6.78. The van der Waals surface area contributed by atoms with Crippen LogP contribution in [0.2, 0.25) is 0 Å². The average Bonchev–Trinajstić information content (AvgIpc) is 3.80. The maximum Gasteiger partial charge on any atom is 0.161 e. The van der Waals surface area contributed by atoms with Gasteiger partial charge < -0.3 is 9.40 Å². The third kappa shape index (κ3) is 4.18. The van der Waals surface area contributed by atoms with Crippen LogP contribution in [0, 0.1) is 0 Å². The number of fused-ring (bicyclic) bond motifs is 9. The molecule has 0 radical (unpaired) electrons. The maximum atomic E-state index is 6.67. The van der Waals surface area contributed by atoms with Gasteiger partial charge in [-0.3, -0.25) is 4.57 Å². The second-order valence-electron chi connectivity index (χ2n) is 14.0. The molecule has 49 heavy (non-hydrogen) atoms. The third-order valence-corrected chi connectivity index (χ3v) is 9.94. The molecular weight excluding hydrogens is 601 g/mol. The average molecular weight is 633 g/mol. The van der Waals surface area contributed by atoms with Crippen LogP contribution in [0.15, 0.2) is 138 Å². The molecule has 5 heterocycles. The minimum absolute atomic E-state index is 0.111. The Morgan fingerprint density at radius 1 is 0.633 bits per heavy atom. The molecule has 0 aliphatic carbocycles. The van der Waals surface area contributed by atoms with Crippen molar-refractivity contribution in [3.05, 3.63) is 139 Å². The summed E-state index contributed by atoms with van der Waals surface area (Å²) in [6.45, 7) is 6.80. The predicted octanol–water partition coefficient (Wildman–Crippen LogP) is 11.7. The van der Waals surface area contributed by atoms with E-state index in [2.05, 4.69) is 140 Å². The molecule has 10 rings (SSSR count). The molecule has 1 N–H and O–H groups in total. The third-order valence-electron chi connectivity index (χ3n) is 9.94. The normalized spacial score (nSPS) is 12.4. The van der Waals surface area contributed by atoms with Crippen molar-refractivity contribution < 1.29 is 4.42 Å². The highest BCUT2D eigenvalue weighted by Crippen LogP contribution is 2.42. The molecule has 0 saturated heterocycles. The highest BCUT2D eigenvalue weighted by atomic mass is 16.3. The van der Waals surface area contributed by atoms with Gasteiger partial charge in [0, 0.05) is 55.2 Å². The highest BCUT2D eigenvalue weighted by Gasteiger charge is 2.23. The van der Waals surface area contributed by atoms with Gasteiger partial charge in [-0.1, -0.05) is 99.6 Å². The van der Waals surface area contributed by atoms with Crippen molar-refractivity contribution in [3.63, 3.8) is 0 Å². The fraction of sp³-hybridized carbons (Fsp3) is 0.0909. The van der Waals surface area contributed by atoms with E-state index in [1.807, 2.05) is 24.4 Å². The van der Waals surface area contributed by atoms with E-state index in [0.29, 0.717) is 0 Å².